The normalized spacial score (nSPS) is 14.8. The van der Waals surface area contributed by atoms with Gasteiger partial charge in [-0.25, -0.2) is 9.97 Å². The predicted octanol–water partition coefficient (Wildman–Crippen LogP) is 3.93. The molecule has 0 radical (unpaired) electrons. The lowest BCUT2D eigenvalue weighted by molar-refractivity contribution is 0.669. The minimum Gasteiger partial charge on any atom is -0.339 e. The third-order valence-corrected chi connectivity index (χ3v) is 5.02. The first-order chi connectivity index (χ1) is 11.8. The Morgan fingerprint density at radius 1 is 1.16 bits per heavy atom. The molecule has 0 bridgehead atoms. The second kappa shape index (κ2) is 7.40. The van der Waals surface area contributed by atoms with Gasteiger partial charge in [-0.15, -0.1) is 12.4 Å². The lowest BCUT2D eigenvalue weighted by atomic mass is 10.1. The van der Waals surface area contributed by atoms with Gasteiger partial charge in [0, 0.05) is 18.9 Å². The number of aromatic amines is 1. The molecule has 25 heavy (non-hydrogen) atoms. The van der Waals surface area contributed by atoms with Crippen LogP contribution in [0.3, 0.4) is 0 Å². The standard InChI is InChI=1S/C19H23N5.ClH/c1-2-24-18-16(22-17(23-18)14-10-6-7-11-14)15(21-19(24)20)12-13-8-4-3-5-9-13;/h3-5,8-9,14,20H,2,6-7,10-12H2,1H3,(H,22,23);1H. The number of imidazole rings is 1. The summed E-state index contributed by atoms with van der Waals surface area (Å²) >= 11 is 0. The van der Waals surface area contributed by atoms with Crippen molar-refractivity contribution < 1.29 is 0 Å². The number of aryl methyl sites for hydroxylation is 1. The number of benzene rings is 1. The molecular weight excluding hydrogens is 334 g/mol. The molecule has 1 aliphatic rings. The van der Waals surface area contributed by atoms with E-state index in [1.165, 1.54) is 31.2 Å². The summed E-state index contributed by atoms with van der Waals surface area (Å²) in [5, 5.41) is 8.28. The Bertz CT molecular complexity index is 907. The molecule has 0 spiro atoms. The second-order valence-electron chi connectivity index (χ2n) is 6.59. The minimum atomic E-state index is 0. The lowest BCUT2D eigenvalue weighted by Crippen LogP contribution is -2.24. The van der Waals surface area contributed by atoms with Gasteiger partial charge in [-0.1, -0.05) is 43.2 Å². The van der Waals surface area contributed by atoms with Gasteiger partial charge in [-0.2, -0.15) is 0 Å². The van der Waals surface area contributed by atoms with E-state index in [4.69, 9.17) is 10.4 Å². The van der Waals surface area contributed by atoms with Crippen LogP contribution in [0.2, 0.25) is 0 Å². The van der Waals surface area contributed by atoms with Crippen molar-refractivity contribution in [2.75, 3.05) is 0 Å². The van der Waals surface area contributed by atoms with Crippen LogP contribution in [0.25, 0.3) is 11.2 Å². The van der Waals surface area contributed by atoms with E-state index in [9.17, 15) is 0 Å². The number of nitrogens with zero attached hydrogens (tertiary/aromatic N) is 3. The fourth-order valence-corrected chi connectivity index (χ4v) is 3.73. The van der Waals surface area contributed by atoms with E-state index in [1.54, 1.807) is 0 Å². The lowest BCUT2D eigenvalue weighted by Gasteiger charge is -2.08. The molecule has 0 aliphatic heterocycles. The number of rotatable bonds is 4. The van der Waals surface area contributed by atoms with Gasteiger partial charge in [-0.05, 0) is 25.3 Å². The summed E-state index contributed by atoms with van der Waals surface area (Å²) in [6.07, 6.45) is 5.71. The van der Waals surface area contributed by atoms with E-state index in [1.807, 2.05) is 29.7 Å². The van der Waals surface area contributed by atoms with Crippen molar-refractivity contribution in [3.63, 3.8) is 0 Å². The van der Waals surface area contributed by atoms with Crippen LogP contribution in [-0.2, 0) is 13.0 Å². The van der Waals surface area contributed by atoms with Gasteiger partial charge in [0.05, 0.1) is 5.69 Å². The number of H-pyrrole nitrogens is 1. The molecule has 0 atom stereocenters. The quantitative estimate of drug-likeness (QED) is 0.742. The first kappa shape index (κ1) is 17.7. The Labute approximate surface area is 153 Å². The topological polar surface area (TPSA) is 70.3 Å². The van der Waals surface area contributed by atoms with Crippen molar-refractivity contribution in [1.29, 1.82) is 5.41 Å². The number of halogens is 1. The summed E-state index contributed by atoms with van der Waals surface area (Å²) < 4.78 is 1.89. The first-order valence-corrected chi connectivity index (χ1v) is 8.84. The van der Waals surface area contributed by atoms with Gasteiger partial charge in [0.25, 0.3) is 0 Å². The van der Waals surface area contributed by atoms with E-state index in [2.05, 4.69) is 22.1 Å². The summed E-state index contributed by atoms with van der Waals surface area (Å²) in [5.41, 5.74) is 4.30. The maximum atomic E-state index is 8.28. The van der Waals surface area contributed by atoms with Crippen LogP contribution in [0.15, 0.2) is 30.3 Å². The molecule has 6 heteroatoms. The molecular formula is C19H24ClN5. The maximum Gasteiger partial charge on any atom is 0.223 e. The molecule has 0 amide bonds. The third-order valence-electron chi connectivity index (χ3n) is 5.02. The summed E-state index contributed by atoms with van der Waals surface area (Å²) in [4.78, 5) is 13.0. The summed E-state index contributed by atoms with van der Waals surface area (Å²) in [6.45, 7) is 2.75. The van der Waals surface area contributed by atoms with E-state index < -0.39 is 0 Å². The summed E-state index contributed by atoms with van der Waals surface area (Å²) in [7, 11) is 0. The van der Waals surface area contributed by atoms with Crippen LogP contribution < -0.4 is 5.62 Å². The molecule has 2 N–H and O–H groups in total. The minimum absolute atomic E-state index is 0. The van der Waals surface area contributed by atoms with E-state index in [0.717, 1.165) is 29.1 Å². The average molecular weight is 358 g/mol. The van der Waals surface area contributed by atoms with Crippen LogP contribution in [0.5, 0.6) is 0 Å². The average Bonchev–Trinajstić information content (AvgIpc) is 3.25. The monoisotopic (exact) mass is 357 g/mol. The fraction of sp³-hybridized carbons (Fsp3) is 0.421. The van der Waals surface area contributed by atoms with E-state index in [-0.39, 0.29) is 12.4 Å². The second-order valence-corrected chi connectivity index (χ2v) is 6.59. The Hall–Kier alpha value is -2.14. The Morgan fingerprint density at radius 3 is 2.56 bits per heavy atom. The van der Waals surface area contributed by atoms with Crippen LogP contribution in [-0.4, -0.2) is 19.5 Å². The zero-order valence-corrected chi connectivity index (χ0v) is 15.3. The molecule has 1 saturated carbocycles. The van der Waals surface area contributed by atoms with Crippen molar-refractivity contribution >= 4 is 23.6 Å². The third kappa shape index (κ3) is 3.33. The molecule has 5 nitrogen and oxygen atoms in total. The fourth-order valence-electron chi connectivity index (χ4n) is 3.73. The smallest absolute Gasteiger partial charge is 0.223 e. The molecule has 1 aliphatic carbocycles. The van der Waals surface area contributed by atoms with Crippen molar-refractivity contribution in [3.8, 4) is 0 Å². The molecule has 3 aromatic rings. The van der Waals surface area contributed by atoms with Gasteiger partial charge in [0.1, 0.15) is 11.3 Å². The van der Waals surface area contributed by atoms with E-state index in [0.29, 0.717) is 18.1 Å². The highest BCUT2D eigenvalue weighted by atomic mass is 35.5. The predicted molar refractivity (Wildman–Crippen MR) is 101 cm³/mol. The highest BCUT2D eigenvalue weighted by molar-refractivity contribution is 5.85. The van der Waals surface area contributed by atoms with Crippen LogP contribution in [0.1, 0.15) is 55.6 Å². The van der Waals surface area contributed by atoms with Crippen molar-refractivity contribution in [2.45, 2.75) is 51.5 Å². The SMILES string of the molecule is CCn1c(=N)nc(Cc2ccccc2)c2[nH]c(C3CCCC3)nc21.Cl. The molecule has 2 heterocycles. The van der Waals surface area contributed by atoms with Crippen LogP contribution >= 0.6 is 12.4 Å². The number of hydrogen-bond donors (Lipinski definition) is 2. The first-order valence-electron chi connectivity index (χ1n) is 8.84. The highest BCUT2D eigenvalue weighted by Crippen LogP contribution is 2.33. The Morgan fingerprint density at radius 2 is 1.88 bits per heavy atom. The van der Waals surface area contributed by atoms with Gasteiger partial charge >= 0.3 is 0 Å². The Balaban J connectivity index is 0.00000182. The number of nitrogens with one attached hydrogen (secondary N) is 2. The molecule has 2 aromatic heterocycles. The molecule has 0 unspecified atom stereocenters. The number of aromatic nitrogens is 4. The van der Waals surface area contributed by atoms with Crippen molar-refractivity contribution in [2.24, 2.45) is 0 Å². The maximum absolute atomic E-state index is 8.28. The zero-order valence-electron chi connectivity index (χ0n) is 14.5. The number of fused-ring (bicyclic) bond motifs is 1. The molecule has 132 valence electrons. The summed E-state index contributed by atoms with van der Waals surface area (Å²) in [6, 6.07) is 10.3. The molecule has 1 aromatic carbocycles. The van der Waals surface area contributed by atoms with Gasteiger partial charge in [0.15, 0.2) is 5.65 Å². The molecule has 1 fully saturated rings. The zero-order chi connectivity index (χ0) is 16.5. The van der Waals surface area contributed by atoms with Crippen LogP contribution in [0, 0.1) is 5.41 Å². The van der Waals surface area contributed by atoms with Crippen molar-refractivity contribution in [3.05, 3.63) is 53.0 Å². The van der Waals surface area contributed by atoms with E-state index >= 15 is 0 Å². The van der Waals surface area contributed by atoms with Crippen molar-refractivity contribution in [1.82, 2.24) is 19.5 Å². The molecule has 4 rings (SSSR count). The van der Waals surface area contributed by atoms with Gasteiger partial charge in [-0.3, -0.25) is 9.98 Å². The Kier molecular flexibility index (Phi) is 5.23. The molecule has 0 saturated heterocycles. The number of hydrogen-bond acceptors (Lipinski definition) is 3. The van der Waals surface area contributed by atoms with Crippen LogP contribution in [0.4, 0.5) is 0 Å². The van der Waals surface area contributed by atoms with Gasteiger partial charge in [0.2, 0.25) is 5.62 Å². The largest absolute Gasteiger partial charge is 0.339 e. The summed E-state index contributed by atoms with van der Waals surface area (Å²) in [5.74, 6) is 1.60. The van der Waals surface area contributed by atoms with Gasteiger partial charge < -0.3 is 4.98 Å². The highest BCUT2D eigenvalue weighted by Gasteiger charge is 2.22.